The van der Waals surface area contributed by atoms with Gasteiger partial charge >= 0.3 is 0 Å². The Labute approximate surface area is 116 Å². The topological polar surface area (TPSA) is 51.9 Å². The van der Waals surface area contributed by atoms with E-state index < -0.39 is 0 Å². The number of fused-ring (bicyclic) bond motifs is 1. The number of benzene rings is 1. The maximum atomic E-state index is 12.1. The highest BCUT2D eigenvalue weighted by molar-refractivity contribution is 5.98. The number of carbonyl (C=O) groups is 1. The van der Waals surface area contributed by atoms with Gasteiger partial charge in [0.1, 0.15) is 0 Å². The van der Waals surface area contributed by atoms with Crippen molar-refractivity contribution < 1.29 is 4.79 Å². The summed E-state index contributed by atoms with van der Waals surface area (Å²) in [4.78, 5) is 12.1. The maximum absolute atomic E-state index is 12.1. The normalized spacial score (nSPS) is 10.9. The van der Waals surface area contributed by atoms with Gasteiger partial charge in [0.15, 0.2) is 0 Å². The monoisotopic (exact) mass is 268 g/mol. The van der Waals surface area contributed by atoms with Crippen molar-refractivity contribution in [3.05, 3.63) is 54.0 Å². The van der Waals surface area contributed by atoms with Crippen LogP contribution in [0.5, 0.6) is 0 Å². The zero-order valence-corrected chi connectivity index (χ0v) is 11.5. The Kier molecular flexibility index (Phi) is 3.02. The van der Waals surface area contributed by atoms with Gasteiger partial charge in [-0.25, -0.2) is 0 Å². The third-order valence-electron chi connectivity index (χ3n) is 3.36. The predicted octanol–water partition coefficient (Wildman–Crippen LogP) is 1.84. The van der Waals surface area contributed by atoms with E-state index in [1.54, 1.807) is 10.9 Å². The van der Waals surface area contributed by atoms with Crippen LogP contribution in [0.4, 0.5) is 0 Å². The van der Waals surface area contributed by atoms with Crippen LogP contribution >= 0.6 is 0 Å². The molecule has 0 spiro atoms. The predicted molar refractivity (Wildman–Crippen MR) is 77.3 cm³/mol. The molecule has 0 saturated carbocycles. The number of carbonyl (C=O) groups excluding carboxylic acids is 1. The minimum absolute atomic E-state index is 0.0698. The van der Waals surface area contributed by atoms with E-state index >= 15 is 0 Å². The van der Waals surface area contributed by atoms with Gasteiger partial charge in [-0.1, -0.05) is 0 Å². The minimum Gasteiger partial charge on any atom is -0.351 e. The summed E-state index contributed by atoms with van der Waals surface area (Å²) in [6, 6.07) is 7.73. The number of rotatable bonds is 3. The first-order valence-electron chi connectivity index (χ1n) is 6.44. The van der Waals surface area contributed by atoms with Crippen LogP contribution in [0, 0.1) is 0 Å². The molecule has 0 aliphatic rings. The van der Waals surface area contributed by atoms with E-state index in [-0.39, 0.29) is 5.91 Å². The van der Waals surface area contributed by atoms with E-state index in [2.05, 4.69) is 10.4 Å². The van der Waals surface area contributed by atoms with Crippen molar-refractivity contribution >= 4 is 16.8 Å². The molecule has 0 unspecified atom stereocenters. The van der Waals surface area contributed by atoms with Gasteiger partial charge in [-0.2, -0.15) is 5.10 Å². The second-order valence-corrected chi connectivity index (χ2v) is 4.91. The Morgan fingerprint density at radius 1 is 1.30 bits per heavy atom. The number of aryl methyl sites for hydroxylation is 2. The lowest BCUT2D eigenvalue weighted by atomic mass is 10.1. The number of nitrogens with one attached hydrogen (secondary N) is 1. The second kappa shape index (κ2) is 4.85. The zero-order valence-electron chi connectivity index (χ0n) is 11.5. The third-order valence-corrected chi connectivity index (χ3v) is 3.36. The Hall–Kier alpha value is -2.56. The molecular formula is C15H16N4O. The molecule has 20 heavy (non-hydrogen) atoms. The number of hydrogen-bond donors (Lipinski definition) is 1. The summed E-state index contributed by atoms with van der Waals surface area (Å²) < 4.78 is 3.75. The fraction of sp³-hybridized carbons (Fsp3) is 0.200. The molecule has 1 N–H and O–H groups in total. The van der Waals surface area contributed by atoms with Crippen molar-refractivity contribution in [2.75, 3.05) is 0 Å². The Bertz CT molecular complexity index is 769. The summed E-state index contributed by atoms with van der Waals surface area (Å²) in [5, 5.41) is 8.05. The molecule has 0 saturated heterocycles. The molecular weight excluding hydrogens is 252 g/mol. The summed E-state index contributed by atoms with van der Waals surface area (Å²) in [5.74, 6) is -0.0698. The molecule has 5 heteroatoms. The minimum atomic E-state index is -0.0698. The molecule has 3 rings (SSSR count). The number of hydrogen-bond acceptors (Lipinski definition) is 2. The molecule has 0 atom stereocenters. The summed E-state index contributed by atoms with van der Waals surface area (Å²) in [7, 11) is 3.85. The first kappa shape index (κ1) is 12.5. The summed E-state index contributed by atoms with van der Waals surface area (Å²) in [5.41, 5.74) is 2.78. The van der Waals surface area contributed by atoms with Crippen LogP contribution in [0.25, 0.3) is 10.9 Å². The second-order valence-electron chi connectivity index (χ2n) is 4.91. The van der Waals surface area contributed by atoms with Crippen LogP contribution in [-0.2, 0) is 20.6 Å². The Morgan fingerprint density at radius 2 is 2.15 bits per heavy atom. The van der Waals surface area contributed by atoms with Crippen molar-refractivity contribution in [2.45, 2.75) is 6.54 Å². The molecule has 2 aromatic heterocycles. The van der Waals surface area contributed by atoms with Gasteiger partial charge in [-0.15, -0.1) is 0 Å². The first-order valence-corrected chi connectivity index (χ1v) is 6.44. The van der Waals surface area contributed by atoms with Crippen LogP contribution in [0.3, 0.4) is 0 Å². The SMILES string of the molecule is Cn1cc(CNC(=O)c2ccc3c(ccn3C)c2)cn1. The molecule has 0 aliphatic heterocycles. The van der Waals surface area contributed by atoms with E-state index in [9.17, 15) is 4.79 Å². The van der Waals surface area contributed by atoms with Crippen molar-refractivity contribution in [3.63, 3.8) is 0 Å². The molecule has 1 amide bonds. The van der Waals surface area contributed by atoms with Gasteiger partial charge in [0.2, 0.25) is 0 Å². The Morgan fingerprint density at radius 3 is 2.90 bits per heavy atom. The molecule has 1 aromatic carbocycles. The number of aromatic nitrogens is 3. The van der Waals surface area contributed by atoms with Crippen molar-refractivity contribution in [1.82, 2.24) is 19.7 Å². The van der Waals surface area contributed by atoms with E-state index in [0.29, 0.717) is 12.1 Å². The smallest absolute Gasteiger partial charge is 0.251 e. The largest absolute Gasteiger partial charge is 0.351 e. The first-order chi connectivity index (χ1) is 9.63. The lowest BCUT2D eigenvalue weighted by molar-refractivity contribution is 0.0951. The summed E-state index contributed by atoms with van der Waals surface area (Å²) in [6.07, 6.45) is 5.63. The van der Waals surface area contributed by atoms with Crippen molar-refractivity contribution in [1.29, 1.82) is 0 Å². The van der Waals surface area contributed by atoms with Gasteiger partial charge in [-0.3, -0.25) is 9.48 Å². The molecule has 0 fully saturated rings. The quantitative estimate of drug-likeness (QED) is 0.788. The van der Waals surface area contributed by atoms with E-state index in [1.165, 1.54) is 0 Å². The van der Waals surface area contributed by atoms with Gasteiger partial charge in [-0.05, 0) is 24.3 Å². The fourth-order valence-corrected chi connectivity index (χ4v) is 2.27. The number of amides is 1. The summed E-state index contributed by atoms with van der Waals surface area (Å²) in [6.45, 7) is 0.486. The lowest BCUT2D eigenvalue weighted by Gasteiger charge is -2.04. The standard InChI is InChI=1S/C15H16N4O/c1-18-6-5-12-7-13(3-4-14(12)18)15(20)16-8-11-9-17-19(2)10-11/h3-7,9-10H,8H2,1-2H3,(H,16,20). The van der Waals surface area contributed by atoms with Crippen molar-refractivity contribution in [3.8, 4) is 0 Å². The average molecular weight is 268 g/mol. The van der Waals surface area contributed by atoms with Gasteiger partial charge in [0.25, 0.3) is 5.91 Å². The van der Waals surface area contributed by atoms with E-state index in [4.69, 9.17) is 0 Å². The van der Waals surface area contributed by atoms with Gasteiger partial charge in [0.05, 0.1) is 6.20 Å². The third kappa shape index (κ3) is 2.30. The molecule has 0 aliphatic carbocycles. The molecule has 2 heterocycles. The maximum Gasteiger partial charge on any atom is 0.251 e. The molecule has 0 bridgehead atoms. The van der Waals surface area contributed by atoms with Crippen LogP contribution in [-0.4, -0.2) is 20.3 Å². The average Bonchev–Trinajstić information content (AvgIpc) is 3.02. The van der Waals surface area contributed by atoms with Crippen molar-refractivity contribution in [2.24, 2.45) is 14.1 Å². The number of nitrogens with zero attached hydrogens (tertiary/aromatic N) is 3. The van der Waals surface area contributed by atoms with Crippen LogP contribution in [0.2, 0.25) is 0 Å². The van der Waals surface area contributed by atoms with Gasteiger partial charge < -0.3 is 9.88 Å². The summed E-state index contributed by atoms with van der Waals surface area (Å²) >= 11 is 0. The highest BCUT2D eigenvalue weighted by atomic mass is 16.1. The van der Waals surface area contributed by atoms with Crippen LogP contribution in [0.1, 0.15) is 15.9 Å². The highest BCUT2D eigenvalue weighted by Gasteiger charge is 2.07. The fourth-order valence-electron chi connectivity index (χ4n) is 2.27. The van der Waals surface area contributed by atoms with Crippen LogP contribution in [0.15, 0.2) is 42.9 Å². The molecule has 5 nitrogen and oxygen atoms in total. The molecule has 0 radical (unpaired) electrons. The zero-order chi connectivity index (χ0) is 14.1. The Balaban J connectivity index is 1.75. The lowest BCUT2D eigenvalue weighted by Crippen LogP contribution is -2.22. The molecule has 102 valence electrons. The van der Waals surface area contributed by atoms with Crippen LogP contribution < -0.4 is 5.32 Å². The van der Waals surface area contributed by atoms with E-state index in [1.807, 2.05) is 55.3 Å². The molecule has 3 aromatic rings. The van der Waals surface area contributed by atoms with Gasteiger partial charge in [0, 0.05) is 55.1 Å². The van der Waals surface area contributed by atoms with E-state index in [0.717, 1.165) is 16.5 Å². The highest BCUT2D eigenvalue weighted by Crippen LogP contribution is 2.16.